The Hall–Kier alpha value is -4.53. The highest BCUT2D eigenvalue weighted by molar-refractivity contribution is 6.02. The average molecular weight is 528 g/mol. The highest BCUT2D eigenvalue weighted by Gasteiger charge is 2.35. The molecule has 1 heterocycles. The Labute approximate surface area is 227 Å². The molecule has 2 amide bonds. The molecule has 1 aromatic heterocycles. The fourth-order valence-electron chi connectivity index (χ4n) is 4.37. The fraction of sp³-hybridized carbons (Fsp3) is 0.300. The maximum Gasteiger partial charge on any atom is 0.337 e. The number of nitrogens with one attached hydrogen (secondary N) is 1. The van der Waals surface area contributed by atoms with Crippen molar-refractivity contribution in [3.63, 3.8) is 0 Å². The van der Waals surface area contributed by atoms with Crippen molar-refractivity contribution >= 4 is 34.5 Å². The Balaban J connectivity index is 1.86. The Kier molecular flexibility index (Phi) is 8.09. The maximum absolute atomic E-state index is 14.2. The Bertz CT molecular complexity index is 1490. The van der Waals surface area contributed by atoms with E-state index in [4.69, 9.17) is 4.74 Å². The van der Waals surface area contributed by atoms with Gasteiger partial charge in [0.1, 0.15) is 18.1 Å². The number of nitrogens with zero attached hydrogens (tertiary/aromatic N) is 4. The molecule has 0 spiro atoms. The van der Waals surface area contributed by atoms with Gasteiger partial charge in [0.15, 0.2) is 0 Å². The lowest BCUT2D eigenvalue weighted by molar-refractivity contribution is -0.128. The van der Waals surface area contributed by atoms with E-state index in [9.17, 15) is 14.4 Å². The van der Waals surface area contributed by atoms with Crippen LogP contribution in [0.4, 0.5) is 5.69 Å². The third kappa shape index (κ3) is 6.31. The van der Waals surface area contributed by atoms with Crippen LogP contribution < -0.4 is 10.2 Å². The van der Waals surface area contributed by atoms with Gasteiger partial charge in [0.05, 0.1) is 18.2 Å². The Morgan fingerprint density at radius 3 is 2.38 bits per heavy atom. The first-order chi connectivity index (χ1) is 18.6. The molecule has 1 atom stereocenters. The van der Waals surface area contributed by atoms with E-state index in [0.29, 0.717) is 22.3 Å². The molecule has 0 saturated heterocycles. The number of carbonyl (C=O) groups is 3. The van der Waals surface area contributed by atoms with E-state index >= 15 is 0 Å². The number of rotatable bonds is 8. The minimum Gasteiger partial charge on any atom is -0.465 e. The number of methoxy groups -OCH3 is 1. The van der Waals surface area contributed by atoms with Gasteiger partial charge in [-0.1, -0.05) is 54.6 Å². The van der Waals surface area contributed by atoms with Crippen molar-refractivity contribution in [2.75, 3.05) is 12.0 Å². The topological polar surface area (TPSA) is 106 Å². The summed E-state index contributed by atoms with van der Waals surface area (Å²) in [5, 5.41) is 11.4. The number of amides is 2. The summed E-state index contributed by atoms with van der Waals surface area (Å²) in [7, 11) is 1.29. The van der Waals surface area contributed by atoms with E-state index in [-0.39, 0.29) is 18.0 Å². The van der Waals surface area contributed by atoms with E-state index < -0.39 is 23.5 Å². The zero-order valence-electron chi connectivity index (χ0n) is 22.8. The summed E-state index contributed by atoms with van der Waals surface area (Å²) in [5.41, 5.74) is 3.17. The Morgan fingerprint density at radius 1 is 1.00 bits per heavy atom. The summed E-state index contributed by atoms with van der Waals surface area (Å²) in [5.74, 6) is -1.30. The highest BCUT2D eigenvalue weighted by atomic mass is 16.5. The van der Waals surface area contributed by atoms with Crippen molar-refractivity contribution in [2.24, 2.45) is 0 Å². The van der Waals surface area contributed by atoms with Gasteiger partial charge >= 0.3 is 5.97 Å². The monoisotopic (exact) mass is 527 g/mol. The molecular formula is C30H33N5O4. The first kappa shape index (κ1) is 27.5. The van der Waals surface area contributed by atoms with E-state index in [0.717, 1.165) is 12.0 Å². The van der Waals surface area contributed by atoms with Gasteiger partial charge in [0, 0.05) is 11.2 Å². The highest BCUT2D eigenvalue weighted by Crippen LogP contribution is 2.30. The predicted molar refractivity (Wildman–Crippen MR) is 149 cm³/mol. The van der Waals surface area contributed by atoms with Crippen LogP contribution >= 0.6 is 0 Å². The molecule has 4 aromatic rings. The summed E-state index contributed by atoms with van der Waals surface area (Å²) in [4.78, 5) is 41.8. The first-order valence-corrected chi connectivity index (χ1v) is 12.8. The summed E-state index contributed by atoms with van der Waals surface area (Å²) >= 11 is 0. The van der Waals surface area contributed by atoms with Crippen molar-refractivity contribution in [3.8, 4) is 0 Å². The molecule has 0 aliphatic heterocycles. The van der Waals surface area contributed by atoms with Crippen LogP contribution in [-0.4, -0.2) is 45.4 Å². The quantitative estimate of drug-likeness (QED) is 0.339. The number of ether oxygens (including phenoxy) is 1. The van der Waals surface area contributed by atoms with E-state index in [1.54, 1.807) is 24.3 Å². The molecule has 9 nitrogen and oxygen atoms in total. The number of benzene rings is 3. The molecule has 0 saturated carbocycles. The number of anilines is 1. The lowest BCUT2D eigenvalue weighted by Gasteiger charge is -2.34. The molecule has 0 fully saturated rings. The van der Waals surface area contributed by atoms with Gasteiger partial charge < -0.3 is 10.1 Å². The standard InChI is InChI=1S/C30H33N5O4/c1-6-20-14-16-21(17-15-20)27(28(37)31-30(2,3)4)35(23-11-9-10-22(18-23)29(38)39-5)26(36)19-34-25-13-8-7-12-24(25)32-33-34/h7-18,27H,6,19H2,1-5H3,(H,31,37)/t27-/m1/s1. The van der Waals surface area contributed by atoms with Crippen molar-refractivity contribution < 1.29 is 19.1 Å². The second-order valence-corrected chi connectivity index (χ2v) is 10.3. The third-order valence-corrected chi connectivity index (χ3v) is 6.23. The predicted octanol–water partition coefficient (Wildman–Crippen LogP) is 4.47. The number of aryl methyl sites for hydroxylation is 1. The van der Waals surface area contributed by atoms with Gasteiger partial charge in [-0.05, 0) is 68.7 Å². The largest absolute Gasteiger partial charge is 0.465 e. The van der Waals surface area contributed by atoms with Crippen LogP contribution in [0.1, 0.15) is 55.2 Å². The number of aromatic nitrogens is 3. The normalized spacial score (nSPS) is 12.1. The molecular weight excluding hydrogens is 494 g/mol. The summed E-state index contributed by atoms with van der Waals surface area (Å²) in [6.07, 6.45) is 0.836. The Morgan fingerprint density at radius 2 is 1.72 bits per heavy atom. The number of esters is 1. The van der Waals surface area contributed by atoms with E-state index in [1.165, 1.54) is 16.7 Å². The molecule has 0 unspecified atom stereocenters. The molecule has 0 radical (unpaired) electrons. The summed E-state index contributed by atoms with van der Waals surface area (Å²) in [6.45, 7) is 7.53. The summed E-state index contributed by atoms with van der Waals surface area (Å²) < 4.78 is 6.41. The molecule has 1 N–H and O–H groups in total. The maximum atomic E-state index is 14.2. The average Bonchev–Trinajstić information content (AvgIpc) is 3.32. The van der Waals surface area contributed by atoms with Crippen LogP contribution in [0.3, 0.4) is 0 Å². The van der Waals surface area contributed by atoms with Crippen molar-refractivity contribution in [2.45, 2.75) is 52.2 Å². The minimum absolute atomic E-state index is 0.171. The molecule has 3 aromatic carbocycles. The van der Waals surface area contributed by atoms with Crippen LogP contribution in [0.15, 0.2) is 72.8 Å². The summed E-state index contributed by atoms with van der Waals surface area (Å²) in [6, 6.07) is 20.5. The SMILES string of the molecule is CCc1ccc([C@H](C(=O)NC(C)(C)C)N(C(=O)Cn2nnc3ccccc32)c2cccc(C(=O)OC)c2)cc1. The number of fused-ring (bicyclic) bond motifs is 1. The zero-order valence-corrected chi connectivity index (χ0v) is 22.8. The molecule has 202 valence electrons. The lowest BCUT2D eigenvalue weighted by atomic mass is 9.98. The second-order valence-electron chi connectivity index (χ2n) is 10.3. The number of hydrogen-bond donors (Lipinski definition) is 1. The molecule has 9 heteroatoms. The second kappa shape index (κ2) is 11.5. The smallest absolute Gasteiger partial charge is 0.337 e. The number of para-hydroxylation sites is 1. The fourth-order valence-corrected chi connectivity index (χ4v) is 4.37. The first-order valence-electron chi connectivity index (χ1n) is 12.8. The van der Waals surface area contributed by atoms with Gasteiger partial charge in [-0.25, -0.2) is 9.48 Å². The molecule has 0 bridgehead atoms. The van der Waals surface area contributed by atoms with Crippen LogP contribution in [0.2, 0.25) is 0 Å². The van der Waals surface area contributed by atoms with Gasteiger partial charge in [0.25, 0.3) is 0 Å². The van der Waals surface area contributed by atoms with Crippen LogP contribution in [0.25, 0.3) is 11.0 Å². The van der Waals surface area contributed by atoms with Crippen molar-refractivity contribution in [1.29, 1.82) is 0 Å². The third-order valence-electron chi connectivity index (χ3n) is 6.23. The minimum atomic E-state index is -1.02. The van der Waals surface area contributed by atoms with Crippen molar-refractivity contribution in [1.82, 2.24) is 20.3 Å². The van der Waals surface area contributed by atoms with E-state index in [2.05, 4.69) is 22.6 Å². The molecule has 0 aliphatic rings. The van der Waals surface area contributed by atoms with Gasteiger partial charge in [-0.15, -0.1) is 5.10 Å². The van der Waals surface area contributed by atoms with Gasteiger partial charge in [0.2, 0.25) is 11.8 Å². The van der Waals surface area contributed by atoms with Gasteiger partial charge in [-0.3, -0.25) is 14.5 Å². The zero-order chi connectivity index (χ0) is 28.2. The van der Waals surface area contributed by atoms with E-state index in [1.807, 2.05) is 69.3 Å². The molecule has 4 rings (SSSR count). The number of carbonyl (C=O) groups excluding carboxylic acids is 3. The lowest BCUT2D eigenvalue weighted by Crippen LogP contribution is -2.50. The van der Waals surface area contributed by atoms with Crippen LogP contribution in [-0.2, 0) is 27.3 Å². The van der Waals surface area contributed by atoms with Gasteiger partial charge in [-0.2, -0.15) is 0 Å². The number of hydrogen-bond acceptors (Lipinski definition) is 6. The molecule has 0 aliphatic carbocycles. The molecule has 39 heavy (non-hydrogen) atoms. The van der Waals surface area contributed by atoms with Crippen LogP contribution in [0.5, 0.6) is 0 Å². The van der Waals surface area contributed by atoms with Crippen LogP contribution in [0, 0.1) is 0 Å². The van der Waals surface area contributed by atoms with Crippen molar-refractivity contribution in [3.05, 3.63) is 89.5 Å².